The van der Waals surface area contributed by atoms with E-state index in [1.165, 1.54) is 0 Å². The number of hydrogen-bond donors (Lipinski definition) is 1. The highest BCUT2D eigenvalue weighted by atomic mass is 35.5. The minimum Gasteiger partial charge on any atom is -0.388 e. The van der Waals surface area contributed by atoms with Crippen LogP contribution in [0.25, 0.3) is 0 Å². The molecule has 0 amide bonds. The van der Waals surface area contributed by atoms with Crippen LogP contribution in [0.15, 0.2) is 60.7 Å². The Balaban J connectivity index is 0.00000243. The van der Waals surface area contributed by atoms with Crippen molar-refractivity contribution in [1.29, 1.82) is 0 Å². The molecule has 0 radical (unpaired) electrons. The van der Waals surface area contributed by atoms with Crippen LogP contribution in [-0.2, 0) is 0 Å². The van der Waals surface area contributed by atoms with Crippen LogP contribution in [0.2, 0.25) is 0 Å². The number of likely N-dealkylation sites (tertiary alicyclic amines) is 1. The topological polar surface area (TPSA) is 40.5 Å². The van der Waals surface area contributed by atoms with Gasteiger partial charge in [-0.15, -0.1) is 12.4 Å². The van der Waals surface area contributed by atoms with Crippen molar-refractivity contribution in [2.75, 3.05) is 7.05 Å². The van der Waals surface area contributed by atoms with E-state index in [4.69, 9.17) is 0 Å². The van der Waals surface area contributed by atoms with Crippen molar-refractivity contribution in [1.82, 2.24) is 4.90 Å². The molecule has 26 heavy (non-hydrogen) atoms. The first-order chi connectivity index (χ1) is 12.1. The summed E-state index contributed by atoms with van der Waals surface area (Å²) >= 11 is 0. The van der Waals surface area contributed by atoms with Crippen LogP contribution in [0.4, 0.5) is 0 Å². The zero-order chi connectivity index (χ0) is 17.6. The lowest BCUT2D eigenvalue weighted by Crippen LogP contribution is -2.45. The third-order valence-electron chi connectivity index (χ3n) is 5.42. The van der Waals surface area contributed by atoms with Crippen molar-refractivity contribution in [3.05, 3.63) is 71.8 Å². The number of hydrogen-bond acceptors (Lipinski definition) is 3. The van der Waals surface area contributed by atoms with Crippen molar-refractivity contribution in [3.8, 4) is 0 Å². The second kappa shape index (κ2) is 9.86. The van der Waals surface area contributed by atoms with Crippen molar-refractivity contribution in [3.63, 3.8) is 0 Å². The van der Waals surface area contributed by atoms with E-state index < -0.39 is 6.10 Å². The van der Waals surface area contributed by atoms with E-state index >= 15 is 0 Å². The number of ketones is 1. The van der Waals surface area contributed by atoms with Gasteiger partial charge in [-0.2, -0.15) is 0 Å². The molecule has 1 heterocycles. The Labute approximate surface area is 162 Å². The van der Waals surface area contributed by atoms with Crippen molar-refractivity contribution in [2.45, 2.75) is 50.3 Å². The maximum atomic E-state index is 12.5. The monoisotopic (exact) mass is 373 g/mol. The minimum atomic E-state index is -0.447. The number of piperidine rings is 1. The first-order valence-electron chi connectivity index (χ1n) is 9.18. The van der Waals surface area contributed by atoms with Gasteiger partial charge in [-0.3, -0.25) is 9.69 Å². The number of carbonyl (C=O) groups excluding carboxylic acids is 1. The molecule has 0 aromatic heterocycles. The second-order valence-corrected chi connectivity index (χ2v) is 7.06. The molecule has 0 spiro atoms. The van der Waals surface area contributed by atoms with Gasteiger partial charge in [-0.05, 0) is 31.9 Å². The van der Waals surface area contributed by atoms with E-state index in [2.05, 4.69) is 11.9 Å². The summed E-state index contributed by atoms with van der Waals surface area (Å²) in [6.45, 7) is 0. The Bertz CT molecular complexity index is 677. The van der Waals surface area contributed by atoms with Crippen LogP contribution in [-0.4, -0.2) is 34.9 Å². The third-order valence-corrected chi connectivity index (χ3v) is 5.42. The summed E-state index contributed by atoms with van der Waals surface area (Å²) in [5.74, 6) is 0.210. The van der Waals surface area contributed by atoms with Gasteiger partial charge in [0.15, 0.2) is 5.78 Å². The lowest BCUT2D eigenvalue weighted by molar-refractivity contribution is 0.0549. The second-order valence-electron chi connectivity index (χ2n) is 7.06. The highest BCUT2D eigenvalue weighted by molar-refractivity contribution is 5.96. The van der Waals surface area contributed by atoms with E-state index in [-0.39, 0.29) is 24.2 Å². The average molecular weight is 374 g/mol. The number of halogens is 1. The van der Waals surface area contributed by atoms with Gasteiger partial charge in [0.05, 0.1) is 6.10 Å². The number of nitrogens with zero attached hydrogens (tertiary/aromatic N) is 1. The van der Waals surface area contributed by atoms with Gasteiger partial charge in [-0.25, -0.2) is 0 Å². The lowest BCUT2D eigenvalue weighted by atomic mass is 9.88. The maximum absolute atomic E-state index is 12.5. The van der Waals surface area contributed by atoms with Gasteiger partial charge in [0.25, 0.3) is 0 Å². The lowest BCUT2D eigenvalue weighted by Gasteiger charge is -2.40. The molecule has 1 N–H and O–H groups in total. The summed E-state index contributed by atoms with van der Waals surface area (Å²) in [7, 11) is 2.10. The molecule has 1 aliphatic heterocycles. The van der Waals surface area contributed by atoms with Crippen LogP contribution >= 0.6 is 12.4 Å². The third kappa shape index (κ3) is 5.16. The van der Waals surface area contributed by atoms with Gasteiger partial charge in [0, 0.05) is 24.1 Å². The molecule has 3 atom stereocenters. The molecule has 3 nitrogen and oxygen atoms in total. The molecular weight excluding hydrogens is 346 g/mol. The number of Topliss-reactive ketones (excluding diaryl/α,β-unsaturated/α-hetero) is 1. The smallest absolute Gasteiger partial charge is 0.164 e. The maximum Gasteiger partial charge on any atom is 0.164 e. The zero-order valence-electron chi connectivity index (χ0n) is 15.3. The number of carbonyl (C=O) groups is 1. The molecule has 3 rings (SSSR count). The molecule has 140 valence electrons. The minimum absolute atomic E-state index is 0. The Morgan fingerprint density at radius 2 is 1.62 bits per heavy atom. The molecule has 0 aliphatic carbocycles. The van der Waals surface area contributed by atoms with E-state index in [0.717, 1.165) is 36.8 Å². The number of rotatable bonds is 6. The zero-order valence-corrected chi connectivity index (χ0v) is 16.1. The molecule has 1 fully saturated rings. The van der Waals surface area contributed by atoms with Crippen LogP contribution in [0.1, 0.15) is 54.1 Å². The fourth-order valence-corrected chi connectivity index (χ4v) is 3.85. The predicted molar refractivity (Wildman–Crippen MR) is 108 cm³/mol. The Morgan fingerprint density at radius 1 is 1.04 bits per heavy atom. The summed E-state index contributed by atoms with van der Waals surface area (Å²) in [6.07, 6.45) is 4.07. The Kier molecular flexibility index (Phi) is 7.83. The fraction of sp³-hybridized carbons (Fsp3) is 0.409. The first kappa shape index (κ1) is 20.6. The number of aliphatic hydroxyl groups is 1. The molecule has 1 aliphatic rings. The van der Waals surface area contributed by atoms with Crippen LogP contribution in [0, 0.1) is 0 Å². The fourth-order valence-electron chi connectivity index (χ4n) is 3.85. The molecule has 0 unspecified atom stereocenters. The molecule has 2 aromatic carbocycles. The molecule has 1 saturated heterocycles. The number of benzene rings is 2. The summed E-state index contributed by atoms with van der Waals surface area (Å²) in [6, 6.07) is 20.0. The predicted octanol–water partition coefficient (Wildman–Crippen LogP) is 4.66. The SMILES string of the molecule is CN1[C@@H](C[C@H](O)c2ccccc2)CCC[C@H]1CC(=O)c1ccccc1.Cl. The van der Waals surface area contributed by atoms with Crippen molar-refractivity contribution >= 4 is 18.2 Å². The summed E-state index contributed by atoms with van der Waals surface area (Å²) in [5.41, 5.74) is 1.76. The molecule has 2 aromatic rings. The summed E-state index contributed by atoms with van der Waals surface area (Å²) in [4.78, 5) is 14.8. The standard InChI is InChI=1S/C22H27NO2.ClH/c1-23-19(15-21(24)17-9-4-2-5-10-17)13-8-14-20(23)16-22(25)18-11-6-3-7-12-18;/h2-7,9-12,19-21,24H,8,13-16H2,1H3;1H/t19-,20+,21+;/m1./s1. The highest BCUT2D eigenvalue weighted by Crippen LogP contribution is 2.30. The average Bonchev–Trinajstić information content (AvgIpc) is 2.66. The largest absolute Gasteiger partial charge is 0.388 e. The quantitative estimate of drug-likeness (QED) is 0.749. The first-order valence-corrected chi connectivity index (χ1v) is 9.18. The molecule has 0 bridgehead atoms. The van der Waals surface area contributed by atoms with E-state index in [1.807, 2.05) is 60.7 Å². The number of aliphatic hydroxyl groups excluding tert-OH is 1. The van der Waals surface area contributed by atoms with Crippen molar-refractivity contribution < 1.29 is 9.90 Å². The van der Waals surface area contributed by atoms with Crippen molar-refractivity contribution in [2.24, 2.45) is 0 Å². The normalized spacial score (nSPS) is 21.6. The van der Waals surface area contributed by atoms with Crippen LogP contribution in [0.5, 0.6) is 0 Å². The van der Waals surface area contributed by atoms with E-state index in [1.54, 1.807) is 0 Å². The van der Waals surface area contributed by atoms with Gasteiger partial charge in [-0.1, -0.05) is 67.1 Å². The Hall–Kier alpha value is -1.68. The molecule has 0 saturated carbocycles. The van der Waals surface area contributed by atoms with Crippen LogP contribution < -0.4 is 0 Å². The van der Waals surface area contributed by atoms with Crippen LogP contribution in [0.3, 0.4) is 0 Å². The van der Waals surface area contributed by atoms with E-state index in [9.17, 15) is 9.90 Å². The molecule has 4 heteroatoms. The highest BCUT2D eigenvalue weighted by Gasteiger charge is 2.30. The summed E-state index contributed by atoms with van der Waals surface area (Å²) < 4.78 is 0. The Morgan fingerprint density at radius 3 is 2.27 bits per heavy atom. The molecular formula is C22H28ClNO2. The van der Waals surface area contributed by atoms with Gasteiger partial charge >= 0.3 is 0 Å². The van der Waals surface area contributed by atoms with Gasteiger partial charge in [0.1, 0.15) is 0 Å². The van der Waals surface area contributed by atoms with E-state index in [0.29, 0.717) is 12.5 Å². The van der Waals surface area contributed by atoms with Gasteiger partial charge < -0.3 is 5.11 Å². The van der Waals surface area contributed by atoms with Gasteiger partial charge in [0.2, 0.25) is 0 Å². The summed E-state index contributed by atoms with van der Waals surface area (Å²) in [5, 5.41) is 10.5.